The fourth-order valence-electron chi connectivity index (χ4n) is 1.54. The zero-order valence-corrected chi connectivity index (χ0v) is 12.9. The van der Waals surface area contributed by atoms with Gasteiger partial charge in [-0.15, -0.1) is 0 Å². The Morgan fingerprint density at radius 1 is 0.789 bits per heavy atom. The Bertz CT molecular complexity index is 532. The molecule has 0 saturated carbocycles. The molecule has 0 spiro atoms. The third kappa shape index (κ3) is 3.25. The van der Waals surface area contributed by atoms with Crippen molar-refractivity contribution < 1.29 is 19.7 Å². The van der Waals surface area contributed by atoms with Crippen LogP contribution in [0.2, 0.25) is 0 Å². The number of hydrogen-bond donors (Lipinski definition) is 2. The van der Waals surface area contributed by atoms with Gasteiger partial charge in [0.1, 0.15) is 0 Å². The molecular weight excluding hydrogens is 360 g/mol. The van der Waals surface area contributed by atoms with Crippen LogP contribution in [-0.4, -0.2) is 45.4 Å². The molecule has 0 heterocycles. The van der Waals surface area contributed by atoms with E-state index in [1.54, 1.807) is 38.5 Å². The van der Waals surface area contributed by atoms with E-state index in [0.717, 1.165) is 7.22 Å². The van der Waals surface area contributed by atoms with E-state index in [4.69, 9.17) is 9.47 Å². The summed E-state index contributed by atoms with van der Waals surface area (Å²) in [5.74, 6) is 1.65. The zero-order valence-electron chi connectivity index (χ0n) is 10.6. The quantitative estimate of drug-likeness (QED) is 0.777. The van der Waals surface area contributed by atoms with Gasteiger partial charge in [0.2, 0.25) is 0 Å². The molecular formula is C14H14O4Te. The average Bonchev–Trinajstić information content (AvgIpc) is 2.42. The molecule has 2 rings (SSSR count). The molecule has 100 valence electrons. The van der Waals surface area contributed by atoms with Gasteiger partial charge in [0.15, 0.2) is 0 Å². The summed E-state index contributed by atoms with van der Waals surface area (Å²) >= 11 is -0.862. The molecule has 0 fully saturated rings. The van der Waals surface area contributed by atoms with Crippen LogP contribution in [0.15, 0.2) is 36.4 Å². The monoisotopic (exact) mass is 376 g/mol. The van der Waals surface area contributed by atoms with Crippen LogP contribution < -0.4 is 16.7 Å². The number of hydrogen-bond acceptors (Lipinski definition) is 4. The molecule has 19 heavy (non-hydrogen) atoms. The number of methoxy groups -OCH3 is 2. The van der Waals surface area contributed by atoms with Gasteiger partial charge in [0, 0.05) is 0 Å². The Morgan fingerprint density at radius 2 is 1.21 bits per heavy atom. The molecule has 0 bridgehead atoms. The van der Waals surface area contributed by atoms with Crippen LogP contribution in [0.5, 0.6) is 23.0 Å². The summed E-state index contributed by atoms with van der Waals surface area (Å²) in [6.07, 6.45) is 0. The fourth-order valence-corrected chi connectivity index (χ4v) is 3.93. The number of phenolic OH excluding ortho intramolecular Hbond substituents is 2. The fraction of sp³-hybridized carbons (Fsp3) is 0.143. The van der Waals surface area contributed by atoms with Crippen LogP contribution in [0.3, 0.4) is 0 Å². The van der Waals surface area contributed by atoms with Crippen LogP contribution in [0, 0.1) is 0 Å². The van der Waals surface area contributed by atoms with Gasteiger partial charge >= 0.3 is 121 Å². The van der Waals surface area contributed by atoms with E-state index in [0.29, 0.717) is 11.5 Å². The molecule has 2 aromatic carbocycles. The summed E-state index contributed by atoms with van der Waals surface area (Å²) in [6.45, 7) is 0. The molecule has 0 saturated heterocycles. The zero-order chi connectivity index (χ0) is 13.8. The van der Waals surface area contributed by atoms with Crippen LogP contribution in [0.4, 0.5) is 0 Å². The first-order valence-corrected chi connectivity index (χ1v) is 7.89. The van der Waals surface area contributed by atoms with E-state index in [2.05, 4.69) is 0 Å². The molecule has 0 unspecified atom stereocenters. The number of rotatable bonds is 4. The van der Waals surface area contributed by atoms with Crippen molar-refractivity contribution in [1.82, 2.24) is 0 Å². The minimum atomic E-state index is -0.862. The second-order valence-electron chi connectivity index (χ2n) is 3.77. The van der Waals surface area contributed by atoms with Gasteiger partial charge < -0.3 is 0 Å². The molecule has 0 radical (unpaired) electrons. The normalized spacial score (nSPS) is 10.2. The van der Waals surface area contributed by atoms with Crippen molar-refractivity contribution in [1.29, 1.82) is 0 Å². The van der Waals surface area contributed by atoms with Crippen molar-refractivity contribution in [3.05, 3.63) is 36.4 Å². The maximum absolute atomic E-state index is 9.92. The van der Waals surface area contributed by atoms with Crippen molar-refractivity contribution >= 4 is 28.1 Å². The first-order chi connectivity index (χ1) is 9.13. The minimum absolute atomic E-state index is 0.206. The summed E-state index contributed by atoms with van der Waals surface area (Å²) < 4.78 is 11.8. The third-order valence-electron chi connectivity index (χ3n) is 2.55. The maximum atomic E-state index is 9.92. The SMILES string of the molecule is COc1ccc([Te]c2ccc(OC)cc2O)c(O)c1. The molecule has 2 aromatic rings. The predicted octanol–water partition coefficient (Wildman–Crippen LogP) is 0.770. The topological polar surface area (TPSA) is 58.9 Å². The standard InChI is InChI=1S/C14H14O4Te/c1-17-9-3-5-13(11(15)7-9)19-14-6-4-10(18-2)8-12(14)16/h3-8,15-16H,1-2H3. The van der Waals surface area contributed by atoms with Crippen molar-refractivity contribution in [2.75, 3.05) is 14.2 Å². The van der Waals surface area contributed by atoms with E-state index >= 15 is 0 Å². The van der Waals surface area contributed by atoms with Gasteiger partial charge in [0.05, 0.1) is 0 Å². The van der Waals surface area contributed by atoms with Gasteiger partial charge in [-0.25, -0.2) is 0 Å². The predicted molar refractivity (Wildman–Crippen MR) is 74.3 cm³/mol. The molecule has 0 aliphatic heterocycles. The molecule has 0 aromatic heterocycles. The Kier molecular flexibility index (Phi) is 4.41. The number of ether oxygens (including phenoxy) is 2. The van der Waals surface area contributed by atoms with Crippen LogP contribution in [-0.2, 0) is 0 Å². The second kappa shape index (κ2) is 6.05. The second-order valence-corrected chi connectivity index (χ2v) is 6.86. The van der Waals surface area contributed by atoms with Gasteiger partial charge in [-0.1, -0.05) is 0 Å². The average molecular weight is 374 g/mol. The molecule has 4 nitrogen and oxygen atoms in total. The number of aromatic hydroxyl groups is 2. The molecule has 0 amide bonds. The summed E-state index contributed by atoms with van der Waals surface area (Å²) in [7, 11) is 3.11. The summed E-state index contributed by atoms with van der Waals surface area (Å²) in [5, 5.41) is 19.8. The molecule has 5 heteroatoms. The number of benzene rings is 2. The van der Waals surface area contributed by atoms with Gasteiger partial charge in [-0.05, 0) is 0 Å². The molecule has 0 aliphatic carbocycles. The van der Waals surface area contributed by atoms with E-state index in [1.807, 2.05) is 12.1 Å². The van der Waals surface area contributed by atoms with E-state index < -0.39 is 20.9 Å². The van der Waals surface area contributed by atoms with Crippen LogP contribution >= 0.6 is 0 Å². The van der Waals surface area contributed by atoms with Crippen molar-refractivity contribution in [2.45, 2.75) is 0 Å². The van der Waals surface area contributed by atoms with Gasteiger partial charge in [-0.2, -0.15) is 0 Å². The van der Waals surface area contributed by atoms with Crippen molar-refractivity contribution in [2.24, 2.45) is 0 Å². The summed E-state index contributed by atoms with van der Waals surface area (Å²) in [5.41, 5.74) is 0. The van der Waals surface area contributed by atoms with Crippen molar-refractivity contribution in [3.63, 3.8) is 0 Å². The first-order valence-electron chi connectivity index (χ1n) is 5.56. The Balaban J connectivity index is 2.26. The first kappa shape index (κ1) is 13.9. The molecule has 2 N–H and O–H groups in total. The van der Waals surface area contributed by atoms with E-state index in [9.17, 15) is 10.2 Å². The van der Waals surface area contributed by atoms with Crippen LogP contribution in [0.25, 0.3) is 0 Å². The van der Waals surface area contributed by atoms with Gasteiger partial charge in [-0.3, -0.25) is 0 Å². The summed E-state index contributed by atoms with van der Waals surface area (Å²) in [6, 6.07) is 10.4. The molecule has 0 atom stereocenters. The Morgan fingerprint density at radius 3 is 1.53 bits per heavy atom. The van der Waals surface area contributed by atoms with Gasteiger partial charge in [0.25, 0.3) is 0 Å². The van der Waals surface area contributed by atoms with Crippen LogP contribution in [0.1, 0.15) is 0 Å². The Labute approximate surface area is 121 Å². The number of phenols is 2. The molecule has 0 aliphatic rings. The van der Waals surface area contributed by atoms with E-state index in [1.165, 1.54) is 0 Å². The van der Waals surface area contributed by atoms with Crippen molar-refractivity contribution in [3.8, 4) is 23.0 Å². The van der Waals surface area contributed by atoms with E-state index in [-0.39, 0.29) is 11.5 Å². The Hall–Kier alpha value is -1.57. The summed E-state index contributed by atoms with van der Waals surface area (Å²) in [4.78, 5) is 0. The third-order valence-corrected chi connectivity index (χ3v) is 5.78.